The van der Waals surface area contributed by atoms with Crippen LogP contribution < -0.4 is 5.30 Å². The van der Waals surface area contributed by atoms with Crippen LogP contribution in [0.4, 0.5) is 0 Å². The highest BCUT2D eigenvalue weighted by Gasteiger charge is 2.21. The quantitative estimate of drug-likeness (QED) is 0.314. The van der Waals surface area contributed by atoms with Crippen LogP contribution in [0, 0.1) is 0 Å². The summed E-state index contributed by atoms with van der Waals surface area (Å²) in [5.74, 6) is 0. The van der Waals surface area contributed by atoms with Crippen molar-refractivity contribution < 1.29 is 0 Å². The summed E-state index contributed by atoms with van der Waals surface area (Å²) in [6.45, 7) is 0. The molecule has 3 aromatic carbocycles. The first-order valence-electron chi connectivity index (χ1n) is 8.52. The summed E-state index contributed by atoms with van der Waals surface area (Å²) < 4.78 is 0. The zero-order valence-corrected chi connectivity index (χ0v) is 18.4. The Morgan fingerprint density at radius 1 is 0.654 bits per heavy atom. The molecule has 3 rings (SSSR count). The van der Waals surface area contributed by atoms with Crippen molar-refractivity contribution >= 4 is 46.7 Å². The van der Waals surface area contributed by atoms with E-state index < -0.39 is 6.04 Å². The van der Waals surface area contributed by atoms with Crippen LogP contribution >= 0.6 is 29.6 Å². The fraction of sp³-hybridized carbons (Fsp3) is 0.182. The molecule has 0 unspecified atom stereocenters. The molecule has 0 saturated carbocycles. The van der Waals surface area contributed by atoms with Gasteiger partial charge in [0, 0.05) is 22.1 Å². The molecule has 0 spiro atoms. The average Bonchev–Trinajstić information content (AvgIpc) is 2.70. The van der Waals surface area contributed by atoms with E-state index in [4.69, 9.17) is 11.8 Å². The molecule has 0 N–H and O–H groups in total. The van der Waals surface area contributed by atoms with Crippen molar-refractivity contribution in [1.82, 2.24) is 0 Å². The molecule has 0 radical (unpaired) electrons. The van der Waals surface area contributed by atoms with Gasteiger partial charge in [-0.05, 0) is 59.2 Å². The van der Waals surface area contributed by atoms with Gasteiger partial charge in [-0.1, -0.05) is 66.4 Å². The number of hydrogen-bond donors (Lipinski definition) is 0. The zero-order chi connectivity index (χ0) is 18.4. The highest BCUT2D eigenvalue weighted by atomic mass is 32.4. The third kappa shape index (κ3) is 5.04. The van der Waals surface area contributed by atoms with E-state index in [-0.39, 0.29) is 0 Å². The second kappa shape index (κ2) is 9.28. The molecule has 0 aromatic heterocycles. The molecule has 0 bridgehead atoms. The number of rotatable bonds is 7. The van der Waals surface area contributed by atoms with Crippen LogP contribution in [-0.4, -0.2) is 12.5 Å². The standard InChI is InChI=1S/C22H23PS3/c1-25-21-12-8-18(9-13-21)16-23(24,20-6-4-3-5-7-20)17-19-10-14-22(26-2)15-11-19/h3-15H,16-17H2,1-2H3. The lowest BCUT2D eigenvalue weighted by Crippen LogP contribution is -2.08. The molecule has 0 aliphatic heterocycles. The van der Waals surface area contributed by atoms with Crippen molar-refractivity contribution in [2.75, 3.05) is 12.5 Å². The summed E-state index contributed by atoms with van der Waals surface area (Å²) in [4.78, 5) is 2.60. The minimum atomic E-state index is -1.74. The minimum Gasteiger partial charge on any atom is -0.130 e. The number of thioether (sulfide) groups is 2. The van der Waals surface area contributed by atoms with Gasteiger partial charge in [-0.2, -0.15) is 0 Å². The highest BCUT2D eigenvalue weighted by Crippen LogP contribution is 2.51. The van der Waals surface area contributed by atoms with Crippen molar-refractivity contribution in [2.24, 2.45) is 0 Å². The Kier molecular flexibility index (Phi) is 7.05. The Bertz CT molecular complexity index is 818. The monoisotopic (exact) mass is 414 g/mol. The Morgan fingerprint density at radius 3 is 1.46 bits per heavy atom. The SMILES string of the molecule is CSc1ccc(CP(=S)(Cc2ccc(SC)cc2)c2ccccc2)cc1. The van der Waals surface area contributed by atoms with E-state index in [0.29, 0.717) is 0 Å². The fourth-order valence-electron chi connectivity index (χ4n) is 2.99. The van der Waals surface area contributed by atoms with E-state index in [1.807, 2.05) is 0 Å². The van der Waals surface area contributed by atoms with Crippen molar-refractivity contribution in [1.29, 1.82) is 0 Å². The summed E-state index contributed by atoms with van der Waals surface area (Å²) in [6, 6.07) is 26.8. The lowest BCUT2D eigenvalue weighted by Gasteiger charge is -2.23. The van der Waals surface area contributed by atoms with Gasteiger partial charge in [0.1, 0.15) is 0 Å². The molecule has 0 saturated heterocycles. The van der Waals surface area contributed by atoms with Crippen molar-refractivity contribution in [2.45, 2.75) is 22.1 Å². The van der Waals surface area contributed by atoms with Crippen LogP contribution in [0.3, 0.4) is 0 Å². The molecular weight excluding hydrogens is 391 g/mol. The fourth-order valence-corrected chi connectivity index (χ4v) is 7.86. The van der Waals surface area contributed by atoms with Crippen molar-refractivity contribution in [3.05, 3.63) is 90.0 Å². The van der Waals surface area contributed by atoms with Crippen molar-refractivity contribution in [3.63, 3.8) is 0 Å². The first-order valence-corrected chi connectivity index (χ1v) is 14.1. The maximum absolute atomic E-state index is 6.36. The second-order valence-electron chi connectivity index (χ2n) is 6.24. The maximum Gasteiger partial charge on any atom is 0.00693 e. The van der Waals surface area contributed by atoms with Gasteiger partial charge in [-0.15, -0.1) is 23.5 Å². The number of benzene rings is 3. The van der Waals surface area contributed by atoms with Gasteiger partial charge in [-0.3, -0.25) is 0 Å². The molecule has 0 nitrogen and oxygen atoms in total. The van der Waals surface area contributed by atoms with Gasteiger partial charge >= 0.3 is 0 Å². The van der Waals surface area contributed by atoms with Gasteiger partial charge < -0.3 is 0 Å². The smallest absolute Gasteiger partial charge is 0.00693 e. The van der Waals surface area contributed by atoms with E-state index in [1.54, 1.807) is 23.5 Å². The molecule has 0 fully saturated rings. The maximum atomic E-state index is 6.36. The van der Waals surface area contributed by atoms with Crippen LogP contribution in [-0.2, 0) is 24.1 Å². The third-order valence-electron chi connectivity index (χ3n) is 4.42. The predicted octanol–water partition coefficient (Wildman–Crippen LogP) is 6.64. The molecule has 0 atom stereocenters. The lowest BCUT2D eigenvalue weighted by molar-refractivity contribution is 1.29. The molecule has 0 aliphatic rings. The first kappa shape index (κ1) is 19.8. The van der Waals surface area contributed by atoms with Crippen molar-refractivity contribution in [3.8, 4) is 0 Å². The third-order valence-corrected chi connectivity index (χ3v) is 10.3. The normalized spacial score (nSPS) is 11.5. The lowest BCUT2D eigenvalue weighted by atomic mass is 10.2. The second-order valence-corrected chi connectivity index (χ2v) is 13.0. The summed E-state index contributed by atoms with van der Waals surface area (Å²) >= 11 is 9.91. The first-order chi connectivity index (χ1) is 12.6. The van der Waals surface area contributed by atoms with Gasteiger partial charge in [0.05, 0.1) is 0 Å². The number of hydrogen-bond acceptors (Lipinski definition) is 3. The van der Waals surface area contributed by atoms with E-state index in [1.165, 1.54) is 26.2 Å². The predicted molar refractivity (Wildman–Crippen MR) is 124 cm³/mol. The van der Waals surface area contributed by atoms with E-state index >= 15 is 0 Å². The molecule has 3 aromatic rings. The summed E-state index contributed by atoms with van der Waals surface area (Å²) in [5, 5.41) is 1.33. The molecular formula is C22H23PS3. The van der Waals surface area contributed by atoms with Crippen LogP contribution in [0.5, 0.6) is 0 Å². The van der Waals surface area contributed by atoms with Crippen LogP contribution in [0.15, 0.2) is 88.7 Å². The van der Waals surface area contributed by atoms with E-state index in [9.17, 15) is 0 Å². The van der Waals surface area contributed by atoms with Gasteiger partial charge in [0.2, 0.25) is 0 Å². The van der Waals surface area contributed by atoms with E-state index in [0.717, 1.165) is 12.3 Å². The molecule has 0 amide bonds. The van der Waals surface area contributed by atoms with Crippen LogP contribution in [0.25, 0.3) is 0 Å². The van der Waals surface area contributed by atoms with Crippen LogP contribution in [0.1, 0.15) is 11.1 Å². The Morgan fingerprint density at radius 2 is 1.08 bits per heavy atom. The zero-order valence-electron chi connectivity index (χ0n) is 15.1. The van der Waals surface area contributed by atoms with Crippen LogP contribution in [0.2, 0.25) is 0 Å². The molecule has 0 aliphatic carbocycles. The Hall–Kier alpha value is -0.990. The average molecular weight is 415 g/mol. The van der Waals surface area contributed by atoms with Gasteiger partial charge in [-0.25, -0.2) is 0 Å². The Balaban J connectivity index is 1.91. The minimum absolute atomic E-state index is 0.964. The molecule has 134 valence electrons. The summed E-state index contributed by atoms with van der Waals surface area (Å²) in [6.07, 6.45) is 6.15. The topological polar surface area (TPSA) is 0 Å². The molecule has 0 heterocycles. The largest absolute Gasteiger partial charge is 0.130 e. The van der Waals surface area contributed by atoms with Gasteiger partial charge in [0.25, 0.3) is 0 Å². The Labute approximate surface area is 170 Å². The molecule has 26 heavy (non-hydrogen) atoms. The van der Waals surface area contributed by atoms with Gasteiger partial charge in [0.15, 0.2) is 0 Å². The summed E-state index contributed by atoms with van der Waals surface area (Å²) in [7, 11) is 0. The summed E-state index contributed by atoms with van der Waals surface area (Å²) in [5.41, 5.74) is 2.69. The highest BCUT2D eigenvalue weighted by molar-refractivity contribution is 8.17. The molecule has 4 heteroatoms. The van der Waals surface area contributed by atoms with E-state index in [2.05, 4.69) is 91.4 Å².